The first-order valence-corrected chi connectivity index (χ1v) is 11.2. The van der Waals surface area contributed by atoms with Crippen LogP contribution in [0.1, 0.15) is 30.4 Å². The monoisotopic (exact) mass is 431 g/mol. The van der Waals surface area contributed by atoms with Crippen LogP contribution >= 0.6 is 11.8 Å². The summed E-state index contributed by atoms with van der Waals surface area (Å²) >= 11 is 1.63. The summed E-state index contributed by atoms with van der Waals surface area (Å²) in [7, 11) is 0. The number of fused-ring (bicyclic) bond motifs is 1. The molecule has 4 rings (SSSR count). The van der Waals surface area contributed by atoms with Gasteiger partial charge in [0.15, 0.2) is 0 Å². The Bertz CT molecular complexity index is 1180. The molecule has 1 aliphatic heterocycles. The number of aromatic nitrogens is 2. The minimum Gasteiger partial charge on any atom is -0.438 e. The Morgan fingerprint density at radius 3 is 3.06 bits per heavy atom. The van der Waals surface area contributed by atoms with Crippen LogP contribution in [-0.4, -0.2) is 38.4 Å². The number of hydrogen-bond donors (Lipinski definition) is 1. The quantitative estimate of drug-likeness (QED) is 0.557. The summed E-state index contributed by atoms with van der Waals surface area (Å²) in [5.74, 6) is 2.29. The number of rotatable bonds is 7. The number of carbonyl (C=O) groups excluding carboxylic acids is 1. The number of carbonyl (C=O) groups is 1. The molecule has 0 spiro atoms. The van der Waals surface area contributed by atoms with Crippen LogP contribution in [-0.2, 0) is 11.2 Å². The molecule has 156 valence electrons. The Morgan fingerprint density at radius 2 is 2.23 bits per heavy atom. The SMILES string of the molecule is N#Cc1cccnc1Oc1ccc2[nH]cc(CCCCC(=O)N3CSC[C@@H]3C#N)c2c1. The number of nitriles is 2. The number of aromatic amines is 1. The summed E-state index contributed by atoms with van der Waals surface area (Å²) in [6.45, 7) is 0. The molecular weight excluding hydrogens is 410 g/mol. The third-order valence-corrected chi connectivity index (χ3v) is 6.30. The highest BCUT2D eigenvalue weighted by molar-refractivity contribution is 7.99. The second kappa shape index (κ2) is 9.55. The van der Waals surface area contributed by atoms with Gasteiger partial charge in [-0.3, -0.25) is 4.79 Å². The van der Waals surface area contributed by atoms with E-state index in [-0.39, 0.29) is 17.8 Å². The normalized spacial score (nSPS) is 15.5. The van der Waals surface area contributed by atoms with Crippen LogP contribution in [0.3, 0.4) is 0 Å². The van der Waals surface area contributed by atoms with Crippen LogP contribution in [0.2, 0.25) is 0 Å². The third kappa shape index (κ3) is 4.65. The first kappa shape index (κ1) is 20.8. The Balaban J connectivity index is 1.37. The van der Waals surface area contributed by atoms with Crippen LogP contribution in [0.5, 0.6) is 11.6 Å². The first-order chi connectivity index (χ1) is 15.2. The molecule has 1 aliphatic rings. The van der Waals surface area contributed by atoms with Crippen LogP contribution < -0.4 is 4.74 Å². The lowest BCUT2D eigenvalue weighted by atomic mass is 10.1. The lowest BCUT2D eigenvalue weighted by Crippen LogP contribution is -2.35. The molecule has 0 aliphatic carbocycles. The van der Waals surface area contributed by atoms with Gasteiger partial charge in [-0.1, -0.05) is 0 Å². The van der Waals surface area contributed by atoms with E-state index < -0.39 is 0 Å². The fourth-order valence-electron chi connectivity index (χ4n) is 3.63. The van der Waals surface area contributed by atoms with Gasteiger partial charge in [-0.15, -0.1) is 11.8 Å². The van der Waals surface area contributed by atoms with Crippen molar-refractivity contribution >= 4 is 28.6 Å². The fraction of sp³-hybridized carbons (Fsp3) is 0.304. The van der Waals surface area contributed by atoms with Crippen LogP contribution in [0.4, 0.5) is 0 Å². The smallest absolute Gasteiger partial charge is 0.237 e. The zero-order valence-corrected chi connectivity index (χ0v) is 17.7. The molecule has 2 aromatic heterocycles. The van der Waals surface area contributed by atoms with Crippen molar-refractivity contribution in [2.24, 2.45) is 0 Å². The number of hydrogen-bond acceptors (Lipinski definition) is 6. The number of nitrogens with zero attached hydrogens (tertiary/aromatic N) is 4. The highest BCUT2D eigenvalue weighted by Crippen LogP contribution is 2.29. The van der Waals surface area contributed by atoms with Crippen molar-refractivity contribution in [2.45, 2.75) is 31.7 Å². The highest BCUT2D eigenvalue weighted by Gasteiger charge is 2.28. The Labute approximate surface area is 184 Å². The second-order valence-electron chi connectivity index (χ2n) is 7.31. The Kier molecular flexibility index (Phi) is 6.40. The van der Waals surface area contributed by atoms with Crippen molar-refractivity contribution in [3.8, 4) is 23.8 Å². The van der Waals surface area contributed by atoms with E-state index in [1.54, 1.807) is 35.0 Å². The molecule has 1 saturated heterocycles. The van der Waals surface area contributed by atoms with Crippen molar-refractivity contribution in [3.63, 3.8) is 0 Å². The van der Waals surface area contributed by atoms with Gasteiger partial charge in [-0.05, 0) is 55.2 Å². The van der Waals surface area contributed by atoms with Crippen molar-refractivity contribution in [1.82, 2.24) is 14.9 Å². The van der Waals surface area contributed by atoms with Gasteiger partial charge in [0.25, 0.3) is 0 Å². The van der Waals surface area contributed by atoms with Crippen LogP contribution in [0.15, 0.2) is 42.7 Å². The summed E-state index contributed by atoms with van der Waals surface area (Å²) in [6.07, 6.45) is 6.53. The number of thioether (sulfide) groups is 1. The minimum absolute atomic E-state index is 0.0646. The Hall–Kier alpha value is -3.49. The van der Waals surface area contributed by atoms with E-state index in [0.717, 1.165) is 35.7 Å². The van der Waals surface area contributed by atoms with E-state index in [0.29, 0.717) is 29.4 Å². The lowest BCUT2D eigenvalue weighted by molar-refractivity contribution is -0.130. The molecule has 7 nitrogen and oxygen atoms in total. The van der Waals surface area contributed by atoms with Crippen molar-refractivity contribution in [2.75, 3.05) is 11.6 Å². The van der Waals surface area contributed by atoms with Gasteiger partial charge in [0.1, 0.15) is 23.4 Å². The number of pyridine rings is 1. The average Bonchev–Trinajstić information content (AvgIpc) is 3.44. The number of benzene rings is 1. The van der Waals surface area contributed by atoms with Gasteiger partial charge in [0, 0.05) is 35.5 Å². The lowest BCUT2D eigenvalue weighted by Gasteiger charge is -2.18. The molecule has 0 bridgehead atoms. The molecular formula is C23H21N5O2S. The molecule has 0 saturated carbocycles. The highest BCUT2D eigenvalue weighted by atomic mass is 32.2. The summed E-state index contributed by atoms with van der Waals surface area (Å²) in [6, 6.07) is 13.1. The van der Waals surface area contributed by atoms with Gasteiger partial charge in [0.2, 0.25) is 11.8 Å². The molecule has 1 N–H and O–H groups in total. The number of H-pyrrole nitrogens is 1. The second-order valence-corrected chi connectivity index (χ2v) is 8.31. The van der Waals surface area contributed by atoms with Crippen molar-refractivity contribution in [3.05, 3.63) is 53.9 Å². The maximum atomic E-state index is 12.4. The molecule has 1 amide bonds. The van der Waals surface area contributed by atoms with E-state index in [1.165, 1.54) is 0 Å². The van der Waals surface area contributed by atoms with E-state index in [4.69, 9.17) is 10.00 Å². The molecule has 3 heterocycles. The van der Waals surface area contributed by atoms with Crippen LogP contribution in [0.25, 0.3) is 10.9 Å². The van der Waals surface area contributed by atoms with E-state index >= 15 is 0 Å². The summed E-state index contributed by atoms with van der Waals surface area (Å²) in [5.41, 5.74) is 2.54. The summed E-state index contributed by atoms with van der Waals surface area (Å²) < 4.78 is 5.84. The van der Waals surface area contributed by atoms with Gasteiger partial charge < -0.3 is 14.6 Å². The molecule has 8 heteroatoms. The standard InChI is InChI=1S/C23H21N5O2S/c24-11-16-5-3-9-26-23(16)30-19-7-8-21-20(10-19)17(13-27-21)4-1-2-6-22(29)28-15-31-14-18(28)12-25/h3,5,7-10,13,18,27H,1-2,4,6,14-15H2/t18-/m0/s1. The largest absolute Gasteiger partial charge is 0.438 e. The predicted molar refractivity (Wildman–Crippen MR) is 118 cm³/mol. The number of amides is 1. The van der Waals surface area contributed by atoms with Gasteiger partial charge in [-0.25, -0.2) is 4.98 Å². The zero-order valence-electron chi connectivity index (χ0n) is 16.9. The van der Waals surface area contributed by atoms with Crippen molar-refractivity contribution in [1.29, 1.82) is 10.5 Å². The third-order valence-electron chi connectivity index (χ3n) is 5.28. The molecule has 0 unspecified atom stereocenters. The maximum Gasteiger partial charge on any atom is 0.237 e. The number of unbranched alkanes of at least 4 members (excludes halogenated alkanes) is 1. The molecule has 1 fully saturated rings. The summed E-state index contributed by atoms with van der Waals surface area (Å²) in [5, 5.41) is 19.4. The molecule has 0 radical (unpaired) electrons. The van der Waals surface area contributed by atoms with E-state index in [9.17, 15) is 10.1 Å². The molecule has 1 aromatic carbocycles. The molecule has 1 atom stereocenters. The minimum atomic E-state index is -0.287. The van der Waals surface area contributed by atoms with Crippen molar-refractivity contribution < 1.29 is 9.53 Å². The van der Waals surface area contributed by atoms with Crippen LogP contribution in [0, 0.1) is 22.7 Å². The predicted octanol–water partition coefficient (Wildman–Crippen LogP) is 4.36. The Morgan fingerprint density at radius 1 is 1.32 bits per heavy atom. The number of aryl methyl sites for hydroxylation is 1. The topological polar surface area (TPSA) is 106 Å². The van der Waals surface area contributed by atoms with E-state index in [2.05, 4.69) is 22.1 Å². The average molecular weight is 432 g/mol. The fourth-order valence-corrected chi connectivity index (χ4v) is 4.73. The van der Waals surface area contributed by atoms with E-state index in [1.807, 2.05) is 24.4 Å². The van der Waals surface area contributed by atoms with Gasteiger partial charge >= 0.3 is 0 Å². The first-order valence-electron chi connectivity index (χ1n) is 10.1. The molecule has 31 heavy (non-hydrogen) atoms. The number of ether oxygens (including phenoxy) is 1. The van der Waals surface area contributed by atoms with Gasteiger partial charge in [-0.2, -0.15) is 10.5 Å². The van der Waals surface area contributed by atoms with Gasteiger partial charge in [0.05, 0.1) is 11.9 Å². The zero-order chi connectivity index (χ0) is 21.6. The molecule has 3 aromatic rings. The summed E-state index contributed by atoms with van der Waals surface area (Å²) in [4.78, 5) is 21.5. The maximum absolute atomic E-state index is 12.4. The number of nitrogens with one attached hydrogen (secondary N) is 1.